The quantitative estimate of drug-likeness (QED) is 0.475. The lowest BCUT2D eigenvalue weighted by Crippen LogP contribution is -2.24. The van der Waals surface area contributed by atoms with Crippen LogP contribution in [0.2, 0.25) is 0 Å². The Bertz CT molecular complexity index is 1300. The molecule has 0 radical (unpaired) electrons. The summed E-state index contributed by atoms with van der Waals surface area (Å²) in [5.41, 5.74) is 2.88. The third-order valence-electron chi connectivity index (χ3n) is 5.71. The third kappa shape index (κ3) is 3.62. The van der Waals surface area contributed by atoms with Crippen LogP contribution in [0.5, 0.6) is 0 Å². The SMILES string of the molecule is Cc1c(N=c2scc(-c3ccco3)n2CC2CCCO2)c(=O)n(-c2ccccc2)n1C. The van der Waals surface area contributed by atoms with Gasteiger partial charge >= 0.3 is 0 Å². The van der Waals surface area contributed by atoms with Crippen molar-refractivity contribution >= 4 is 17.0 Å². The molecule has 7 nitrogen and oxygen atoms in total. The molecule has 3 aromatic heterocycles. The third-order valence-corrected chi connectivity index (χ3v) is 6.58. The number of ether oxygens (including phenoxy) is 1. The van der Waals surface area contributed by atoms with Crippen molar-refractivity contribution in [2.45, 2.75) is 32.4 Å². The van der Waals surface area contributed by atoms with E-state index in [4.69, 9.17) is 14.1 Å². The van der Waals surface area contributed by atoms with E-state index in [2.05, 4.69) is 4.57 Å². The predicted octanol–water partition coefficient (Wildman–Crippen LogP) is 4.02. The number of furan rings is 1. The Morgan fingerprint density at radius 3 is 2.74 bits per heavy atom. The number of thiazole rings is 1. The second kappa shape index (κ2) is 8.20. The number of nitrogens with zero attached hydrogens (tertiary/aromatic N) is 4. The van der Waals surface area contributed by atoms with E-state index in [1.165, 1.54) is 11.3 Å². The monoisotopic (exact) mass is 436 g/mol. The minimum Gasteiger partial charge on any atom is -0.463 e. The van der Waals surface area contributed by atoms with Crippen molar-refractivity contribution in [2.24, 2.45) is 12.0 Å². The fourth-order valence-electron chi connectivity index (χ4n) is 3.99. The maximum Gasteiger partial charge on any atom is 0.297 e. The molecule has 1 fully saturated rings. The van der Waals surface area contributed by atoms with Crippen LogP contribution in [0.25, 0.3) is 17.1 Å². The smallest absolute Gasteiger partial charge is 0.297 e. The molecule has 1 saturated heterocycles. The minimum absolute atomic E-state index is 0.136. The summed E-state index contributed by atoms with van der Waals surface area (Å²) in [5.74, 6) is 0.780. The molecule has 1 aliphatic heterocycles. The first-order chi connectivity index (χ1) is 15.1. The first-order valence-corrected chi connectivity index (χ1v) is 11.2. The average Bonchev–Trinajstić information content (AvgIpc) is 3.57. The summed E-state index contributed by atoms with van der Waals surface area (Å²) < 4.78 is 17.1. The van der Waals surface area contributed by atoms with E-state index in [-0.39, 0.29) is 11.7 Å². The summed E-state index contributed by atoms with van der Waals surface area (Å²) in [6.45, 7) is 3.39. The van der Waals surface area contributed by atoms with E-state index in [9.17, 15) is 4.79 Å². The predicted molar refractivity (Wildman–Crippen MR) is 120 cm³/mol. The summed E-state index contributed by atoms with van der Waals surface area (Å²) in [6, 6.07) is 13.4. The first kappa shape index (κ1) is 19.8. The molecule has 0 aliphatic carbocycles. The van der Waals surface area contributed by atoms with Gasteiger partial charge in [0.1, 0.15) is 0 Å². The lowest BCUT2D eigenvalue weighted by Gasteiger charge is -2.12. The summed E-state index contributed by atoms with van der Waals surface area (Å²) in [5, 5.41) is 2.03. The highest BCUT2D eigenvalue weighted by atomic mass is 32.1. The molecule has 5 rings (SSSR count). The summed E-state index contributed by atoms with van der Waals surface area (Å²) in [4.78, 5) is 18.9. The van der Waals surface area contributed by atoms with Crippen LogP contribution in [-0.2, 0) is 18.3 Å². The van der Waals surface area contributed by atoms with Gasteiger partial charge in [-0.3, -0.25) is 9.48 Å². The van der Waals surface area contributed by atoms with Gasteiger partial charge in [-0.25, -0.2) is 9.67 Å². The van der Waals surface area contributed by atoms with Crippen LogP contribution in [-0.4, -0.2) is 26.6 Å². The second-order valence-corrected chi connectivity index (χ2v) is 8.48. The van der Waals surface area contributed by atoms with Gasteiger partial charge in [0.15, 0.2) is 16.2 Å². The normalized spacial score (nSPS) is 17.0. The van der Waals surface area contributed by atoms with Gasteiger partial charge in [-0.15, -0.1) is 11.3 Å². The van der Waals surface area contributed by atoms with Crippen molar-refractivity contribution in [3.05, 3.63) is 75.0 Å². The van der Waals surface area contributed by atoms with Crippen LogP contribution >= 0.6 is 11.3 Å². The molecule has 4 aromatic rings. The van der Waals surface area contributed by atoms with Crippen LogP contribution in [0.3, 0.4) is 0 Å². The molecule has 160 valence electrons. The van der Waals surface area contributed by atoms with Gasteiger partial charge in [-0.05, 0) is 44.0 Å². The molecule has 31 heavy (non-hydrogen) atoms. The van der Waals surface area contributed by atoms with E-state index >= 15 is 0 Å². The van der Waals surface area contributed by atoms with Crippen LogP contribution in [0.1, 0.15) is 18.5 Å². The Morgan fingerprint density at radius 1 is 1.19 bits per heavy atom. The van der Waals surface area contributed by atoms with Crippen LogP contribution in [0.4, 0.5) is 5.69 Å². The van der Waals surface area contributed by atoms with Gasteiger partial charge in [0.2, 0.25) is 0 Å². The average molecular weight is 437 g/mol. The number of para-hydroxylation sites is 1. The standard InChI is InChI=1S/C23H24N4O3S/c1-16-21(22(28)27(25(16)2)17-8-4-3-5-9-17)24-23-26(14-18-10-6-12-29-18)19(15-31-23)20-11-7-13-30-20/h3-5,7-9,11,13,15,18H,6,10,12,14H2,1-2H3. The van der Waals surface area contributed by atoms with Crippen molar-refractivity contribution < 1.29 is 9.15 Å². The van der Waals surface area contributed by atoms with Crippen molar-refractivity contribution in [1.29, 1.82) is 0 Å². The summed E-state index contributed by atoms with van der Waals surface area (Å²) >= 11 is 1.50. The van der Waals surface area contributed by atoms with E-state index in [1.54, 1.807) is 10.9 Å². The largest absolute Gasteiger partial charge is 0.463 e. The molecule has 8 heteroatoms. The van der Waals surface area contributed by atoms with Crippen LogP contribution in [0, 0.1) is 6.92 Å². The van der Waals surface area contributed by atoms with Gasteiger partial charge in [0, 0.05) is 19.0 Å². The molecular weight excluding hydrogens is 412 g/mol. The maximum absolute atomic E-state index is 13.3. The molecule has 0 N–H and O–H groups in total. The Morgan fingerprint density at radius 2 is 2.03 bits per heavy atom. The zero-order valence-corrected chi connectivity index (χ0v) is 18.3. The highest BCUT2D eigenvalue weighted by Crippen LogP contribution is 2.24. The maximum atomic E-state index is 13.3. The van der Waals surface area contributed by atoms with Crippen LogP contribution in [0.15, 0.2) is 68.3 Å². The van der Waals surface area contributed by atoms with Crippen molar-refractivity contribution in [1.82, 2.24) is 13.9 Å². The number of benzene rings is 1. The lowest BCUT2D eigenvalue weighted by molar-refractivity contribution is 0.0967. The highest BCUT2D eigenvalue weighted by Gasteiger charge is 2.21. The van der Waals surface area contributed by atoms with E-state index in [0.717, 1.165) is 47.1 Å². The molecule has 0 spiro atoms. The number of hydrogen-bond acceptors (Lipinski definition) is 5. The molecule has 0 saturated carbocycles. The van der Waals surface area contributed by atoms with Crippen LogP contribution < -0.4 is 10.4 Å². The molecule has 4 heterocycles. The Labute approximate surface area is 183 Å². The van der Waals surface area contributed by atoms with Crippen molar-refractivity contribution in [2.75, 3.05) is 6.61 Å². The molecule has 1 unspecified atom stereocenters. The zero-order chi connectivity index (χ0) is 21.4. The Kier molecular flexibility index (Phi) is 5.25. The number of hydrogen-bond donors (Lipinski definition) is 0. The molecule has 0 bridgehead atoms. The van der Waals surface area contributed by atoms with Gasteiger partial charge in [-0.1, -0.05) is 18.2 Å². The van der Waals surface area contributed by atoms with Gasteiger partial charge in [0.25, 0.3) is 5.56 Å². The molecule has 1 atom stereocenters. The Hall–Kier alpha value is -3.10. The Balaban J connectivity index is 1.66. The molecule has 1 aromatic carbocycles. The number of aromatic nitrogens is 3. The molecular formula is C23H24N4O3S. The highest BCUT2D eigenvalue weighted by molar-refractivity contribution is 7.07. The minimum atomic E-state index is -0.136. The van der Waals surface area contributed by atoms with Gasteiger partial charge in [-0.2, -0.15) is 0 Å². The fraction of sp³-hybridized carbons (Fsp3) is 0.304. The lowest BCUT2D eigenvalue weighted by atomic mass is 10.2. The first-order valence-electron chi connectivity index (χ1n) is 10.4. The van der Waals surface area contributed by atoms with Gasteiger partial charge < -0.3 is 13.7 Å². The van der Waals surface area contributed by atoms with E-state index in [0.29, 0.717) is 12.2 Å². The topological polar surface area (TPSA) is 66.6 Å². The van der Waals surface area contributed by atoms with E-state index in [1.807, 2.05) is 66.5 Å². The summed E-state index contributed by atoms with van der Waals surface area (Å²) in [6.07, 6.45) is 3.89. The molecule has 1 aliphatic rings. The summed E-state index contributed by atoms with van der Waals surface area (Å²) in [7, 11) is 1.88. The second-order valence-electron chi connectivity index (χ2n) is 7.65. The van der Waals surface area contributed by atoms with Crippen molar-refractivity contribution in [3.8, 4) is 17.1 Å². The molecule has 0 amide bonds. The number of rotatable bonds is 5. The van der Waals surface area contributed by atoms with Gasteiger partial charge in [0.05, 0.1) is 36.0 Å². The van der Waals surface area contributed by atoms with Crippen molar-refractivity contribution in [3.63, 3.8) is 0 Å². The fourth-order valence-corrected chi connectivity index (χ4v) is 4.89. The zero-order valence-electron chi connectivity index (χ0n) is 17.5. The van der Waals surface area contributed by atoms with E-state index < -0.39 is 0 Å².